The van der Waals surface area contributed by atoms with E-state index in [4.69, 9.17) is 0 Å². The van der Waals surface area contributed by atoms with E-state index < -0.39 is 0 Å². The first kappa shape index (κ1) is 21.6. The topological polar surface area (TPSA) is 84.7 Å². The number of hydrogen-bond acceptors (Lipinski definition) is 5. The Kier molecular flexibility index (Phi) is 6.86. The Morgan fingerprint density at radius 2 is 1.97 bits per heavy atom. The molecule has 0 bridgehead atoms. The van der Waals surface area contributed by atoms with Crippen molar-refractivity contribution in [2.75, 3.05) is 12.0 Å². The van der Waals surface area contributed by atoms with Gasteiger partial charge in [-0.25, -0.2) is 4.39 Å². The van der Waals surface area contributed by atoms with Crippen molar-refractivity contribution in [2.45, 2.75) is 13.0 Å². The number of benzene rings is 1. The van der Waals surface area contributed by atoms with E-state index in [2.05, 4.69) is 41.7 Å². The van der Waals surface area contributed by atoms with Crippen molar-refractivity contribution >= 4 is 21.8 Å². The molecule has 0 unspecified atom stereocenters. The summed E-state index contributed by atoms with van der Waals surface area (Å²) in [5.74, 6) is -0.450. The highest BCUT2D eigenvalue weighted by Crippen LogP contribution is 2.25. The van der Waals surface area contributed by atoms with Gasteiger partial charge in [0.15, 0.2) is 0 Å². The minimum Gasteiger partial charge on any atom is -0.348 e. The van der Waals surface area contributed by atoms with E-state index in [0.717, 1.165) is 16.7 Å². The highest BCUT2D eigenvalue weighted by molar-refractivity contribution is 9.10. The summed E-state index contributed by atoms with van der Waals surface area (Å²) in [5, 5.41) is 7.23. The maximum absolute atomic E-state index is 13.3. The Hall–Kier alpha value is -3.59. The van der Waals surface area contributed by atoms with Crippen LogP contribution < -0.4 is 10.7 Å². The van der Waals surface area contributed by atoms with E-state index in [0.29, 0.717) is 35.4 Å². The van der Waals surface area contributed by atoms with Crippen molar-refractivity contribution in [3.05, 3.63) is 100 Å². The quantitative estimate of drug-likeness (QED) is 0.387. The minimum atomic E-state index is -0.244. The van der Waals surface area contributed by atoms with Gasteiger partial charge in [-0.3, -0.25) is 14.8 Å². The molecule has 4 aromatic rings. The molecule has 0 spiro atoms. The summed E-state index contributed by atoms with van der Waals surface area (Å²) in [7, 11) is 0. The van der Waals surface area contributed by atoms with Gasteiger partial charge in [0.25, 0.3) is 5.91 Å². The number of hydrogen-bond donors (Lipinski definition) is 2. The second-order valence-corrected chi connectivity index (χ2v) is 7.79. The van der Waals surface area contributed by atoms with Crippen LogP contribution in [-0.2, 0) is 13.0 Å². The van der Waals surface area contributed by atoms with Crippen molar-refractivity contribution in [3.8, 4) is 11.3 Å². The maximum Gasteiger partial charge on any atom is 0.253 e. The Morgan fingerprint density at radius 3 is 2.72 bits per heavy atom. The third-order valence-electron chi connectivity index (χ3n) is 4.72. The van der Waals surface area contributed by atoms with Gasteiger partial charge in [0.05, 0.1) is 23.0 Å². The van der Waals surface area contributed by atoms with Crippen LogP contribution in [0.3, 0.4) is 0 Å². The molecule has 0 saturated carbocycles. The SMILES string of the molecule is O=C(NCc1cccnc1)c1ccc(-c2cn(NCCc3cccc(F)c3)nc2Br)nc1. The number of carbonyl (C=O) groups is 1. The molecule has 0 aliphatic carbocycles. The van der Waals surface area contributed by atoms with Crippen LogP contribution in [0.1, 0.15) is 21.5 Å². The average Bonchev–Trinajstić information content (AvgIpc) is 3.18. The molecule has 0 aliphatic heterocycles. The van der Waals surface area contributed by atoms with Crippen molar-refractivity contribution < 1.29 is 9.18 Å². The lowest BCUT2D eigenvalue weighted by molar-refractivity contribution is 0.0950. The van der Waals surface area contributed by atoms with Crippen molar-refractivity contribution in [2.24, 2.45) is 0 Å². The second-order valence-electron chi connectivity index (χ2n) is 7.04. The fraction of sp³-hybridized carbons (Fsp3) is 0.130. The molecular formula is C23H20BrFN6O. The molecule has 162 valence electrons. The average molecular weight is 495 g/mol. The largest absolute Gasteiger partial charge is 0.348 e. The monoisotopic (exact) mass is 494 g/mol. The standard InChI is InChI=1S/C23H20BrFN6O/c24-22-20(15-31(30-22)29-10-8-16-3-1-5-19(25)11-16)21-7-6-18(14-27-21)23(32)28-13-17-4-2-9-26-12-17/h1-7,9,11-12,14-15,29H,8,10,13H2,(H,28,32). The predicted molar refractivity (Wildman–Crippen MR) is 123 cm³/mol. The summed E-state index contributed by atoms with van der Waals surface area (Å²) in [6, 6.07) is 13.7. The van der Waals surface area contributed by atoms with Crippen LogP contribution in [0.4, 0.5) is 4.39 Å². The van der Waals surface area contributed by atoms with Gasteiger partial charge in [-0.2, -0.15) is 4.79 Å². The van der Waals surface area contributed by atoms with Crippen LogP contribution in [0, 0.1) is 5.82 Å². The number of amides is 1. The summed E-state index contributed by atoms with van der Waals surface area (Å²) in [6.07, 6.45) is 7.40. The highest BCUT2D eigenvalue weighted by atomic mass is 79.9. The fourth-order valence-electron chi connectivity index (χ4n) is 3.09. The first-order valence-electron chi connectivity index (χ1n) is 9.95. The molecule has 4 rings (SSSR count). The van der Waals surface area contributed by atoms with Crippen molar-refractivity contribution in [1.29, 1.82) is 0 Å². The summed E-state index contributed by atoms with van der Waals surface area (Å²) in [4.78, 5) is 22.4. The number of carbonyl (C=O) groups excluding carboxylic acids is 1. The maximum atomic E-state index is 13.3. The van der Waals surface area contributed by atoms with E-state index in [1.807, 2.05) is 18.2 Å². The van der Waals surface area contributed by atoms with Crippen molar-refractivity contribution in [1.82, 2.24) is 25.2 Å². The second kappa shape index (κ2) is 10.1. The van der Waals surface area contributed by atoms with Gasteiger partial charge in [0, 0.05) is 31.7 Å². The lowest BCUT2D eigenvalue weighted by atomic mass is 10.1. The molecule has 1 amide bonds. The molecule has 32 heavy (non-hydrogen) atoms. The van der Waals surface area contributed by atoms with Gasteiger partial charge in [0.1, 0.15) is 10.4 Å². The van der Waals surface area contributed by atoms with Gasteiger partial charge in [0.2, 0.25) is 0 Å². The number of nitrogens with zero attached hydrogens (tertiary/aromatic N) is 4. The van der Waals surface area contributed by atoms with Crippen LogP contribution in [0.2, 0.25) is 0 Å². The van der Waals surface area contributed by atoms with Crippen LogP contribution in [0.25, 0.3) is 11.3 Å². The Bertz CT molecular complexity index is 1200. The van der Waals surface area contributed by atoms with Crippen LogP contribution in [-0.4, -0.2) is 32.3 Å². The number of halogens is 2. The van der Waals surface area contributed by atoms with Crippen LogP contribution in [0.15, 0.2) is 77.9 Å². The fourth-order valence-corrected chi connectivity index (χ4v) is 3.56. The Morgan fingerprint density at radius 1 is 1.09 bits per heavy atom. The van der Waals surface area contributed by atoms with E-state index in [1.165, 1.54) is 18.3 Å². The van der Waals surface area contributed by atoms with Gasteiger partial charge >= 0.3 is 0 Å². The van der Waals surface area contributed by atoms with E-state index in [1.54, 1.807) is 41.6 Å². The zero-order valence-electron chi connectivity index (χ0n) is 17.0. The summed E-state index contributed by atoms with van der Waals surface area (Å²) in [5.41, 5.74) is 6.92. The van der Waals surface area contributed by atoms with Gasteiger partial charge in [-0.15, -0.1) is 5.10 Å². The van der Waals surface area contributed by atoms with Gasteiger partial charge in [-0.05, 0) is 63.8 Å². The van der Waals surface area contributed by atoms with Crippen molar-refractivity contribution in [3.63, 3.8) is 0 Å². The smallest absolute Gasteiger partial charge is 0.253 e. The zero-order chi connectivity index (χ0) is 22.3. The summed E-state index contributed by atoms with van der Waals surface area (Å²) < 4.78 is 13.9. The summed E-state index contributed by atoms with van der Waals surface area (Å²) >= 11 is 3.45. The third-order valence-corrected chi connectivity index (χ3v) is 5.31. The summed E-state index contributed by atoms with van der Waals surface area (Å²) in [6.45, 7) is 0.981. The van der Waals surface area contributed by atoms with Gasteiger partial charge < -0.3 is 10.7 Å². The minimum absolute atomic E-state index is 0.207. The third kappa shape index (κ3) is 5.55. The molecule has 0 atom stereocenters. The molecule has 3 aromatic heterocycles. The van der Waals surface area contributed by atoms with E-state index >= 15 is 0 Å². The normalized spacial score (nSPS) is 10.7. The molecule has 1 aromatic carbocycles. The molecule has 7 nitrogen and oxygen atoms in total. The van der Waals surface area contributed by atoms with Gasteiger partial charge in [-0.1, -0.05) is 18.2 Å². The molecule has 9 heteroatoms. The number of nitrogens with one attached hydrogen (secondary N) is 2. The lowest BCUT2D eigenvalue weighted by Gasteiger charge is -2.06. The van der Waals surface area contributed by atoms with E-state index in [-0.39, 0.29) is 11.7 Å². The number of rotatable bonds is 8. The Labute approximate surface area is 192 Å². The highest BCUT2D eigenvalue weighted by Gasteiger charge is 2.12. The van der Waals surface area contributed by atoms with E-state index in [9.17, 15) is 9.18 Å². The molecule has 2 N–H and O–H groups in total. The molecule has 0 saturated heterocycles. The molecule has 0 radical (unpaired) electrons. The predicted octanol–water partition coefficient (Wildman–Crippen LogP) is 3.96. The molecule has 0 fully saturated rings. The molecule has 0 aliphatic rings. The van der Waals surface area contributed by atoms with Crippen LogP contribution >= 0.6 is 15.9 Å². The molecular weight excluding hydrogens is 475 g/mol. The first-order valence-corrected chi connectivity index (χ1v) is 10.7. The molecule has 3 heterocycles. The first-order chi connectivity index (χ1) is 15.6. The zero-order valence-corrected chi connectivity index (χ0v) is 18.6. The number of pyridine rings is 2. The lowest BCUT2D eigenvalue weighted by Crippen LogP contribution is -2.22. The Balaban J connectivity index is 1.35. The van der Waals surface area contributed by atoms with Crippen LogP contribution in [0.5, 0.6) is 0 Å². The number of aromatic nitrogens is 4.